The van der Waals surface area contributed by atoms with Gasteiger partial charge in [-0.3, -0.25) is 4.79 Å². The Morgan fingerprint density at radius 2 is 1.54 bits per heavy atom. The number of rotatable bonds is 7. The molecule has 0 bridgehead atoms. The highest BCUT2D eigenvalue weighted by molar-refractivity contribution is 6.04. The van der Waals surface area contributed by atoms with E-state index in [0.717, 1.165) is 12.2 Å². The van der Waals surface area contributed by atoms with Crippen molar-refractivity contribution in [3.8, 4) is 17.2 Å². The monoisotopic (exact) mass is 347 g/mol. The van der Waals surface area contributed by atoms with Crippen LogP contribution in [0, 0.1) is 0 Å². The second kappa shape index (κ2) is 8.72. The smallest absolute Gasteiger partial charge is 0.255 e. The summed E-state index contributed by atoms with van der Waals surface area (Å²) in [6.07, 6.45) is 0.924. The molecule has 0 atom stereocenters. The van der Waals surface area contributed by atoms with E-state index in [0.29, 0.717) is 29.4 Å². The molecule has 0 spiro atoms. The normalized spacial score (nSPS) is 10.2. The number of hydrogen-bond acceptors (Lipinski definition) is 3. The molecule has 132 valence electrons. The number of carbonyl (C=O) groups is 1. The average molecular weight is 347 g/mol. The van der Waals surface area contributed by atoms with E-state index in [2.05, 4.69) is 5.32 Å². The zero-order valence-corrected chi connectivity index (χ0v) is 14.6. The molecule has 0 saturated heterocycles. The number of hydrogen-bond donors (Lipinski definition) is 1. The summed E-state index contributed by atoms with van der Waals surface area (Å²) >= 11 is 0. The summed E-state index contributed by atoms with van der Waals surface area (Å²) in [6, 6.07) is 24.0. The first kappa shape index (κ1) is 17.5. The molecule has 0 aliphatic heterocycles. The standard InChI is InChI=1S/C22H21NO3/c1-2-15-25-21-10-6-7-17(16-21)22(24)23-18-11-13-20(14-12-18)26-19-8-4-3-5-9-19/h3-14,16H,2,15H2,1H3,(H,23,24). The van der Waals surface area contributed by atoms with Crippen LogP contribution in [-0.2, 0) is 0 Å². The number of ether oxygens (including phenoxy) is 2. The quantitative estimate of drug-likeness (QED) is 0.612. The molecule has 3 aromatic carbocycles. The number of benzene rings is 3. The van der Waals surface area contributed by atoms with Crippen molar-refractivity contribution >= 4 is 11.6 Å². The average Bonchev–Trinajstić information content (AvgIpc) is 2.69. The Morgan fingerprint density at radius 3 is 2.27 bits per heavy atom. The lowest BCUT2D eigenvalue weighted by molar-refractivity contribution is 0.102. The minimum Gasteiger partial charge on any atom is -0.494 e. The lowest BCUT2D eigenvalue weighted by Gasteiger charge is -2.09. The van der Waals surface area contributed by atoms with E-state index < -0.39 is 0 Å². The van der Waals surface area contributed by atoms with Gasteiger partial charge < -0.3 is 14.8 Å². The molecule has 3 aromatic rings. The third-order valence-electron chi connectivity index (χ3n) is 3.66. The molecule has 0 aromatic heterocycles. The Balaban J connectivity index is 1.62. The Kier molecular flexibility index (Phi) is 5.88. The lowest BCUT2D eigenvalue weighted by Crippen LogP contribution is -2.12. The molecule has 0 heterocycles. The van der Waals surface area contributed by atoms with Crippen LogP contribution in [0.5, 0.6) is 17.2 Å². The van der Waals surface area contributed by atoms with Gasteiger partial charge in [0, 0.05) is 11.3 Å². The van der Waals surface area contributed by atoms with Crippen molar-refractivity contribution in [3.63, 3.8) is 0 Å². The molecule has 1 amide bonds. The van der Waals surface area contributed by atoms with E-state index in [1.54, 1.807) is 12.1 Å². The third kappa shape index (κ3) is 4.86. The van der Waals surface area contributed by atoms with Crippen molar-refractivity contribution in [2.24, 2.45) is 0 Å². The van der Waals surface area contributed by atoms with Gasteiger partial charge in [0.15, 0.2) is 0 Å². The zero-order chi connectivity index (χ0) is 18.2. The maximum absolute atomic E-state index is 12.4. The highest BCUT2D eigenvalue weighted by Gasteiger charge is 2.08. The summed E-state index contributed by atoms with van der Waals surface area (Å²) in [5, 5.41) is 2.88. The molecule has 0 aliphatic carbocycles. The van der Waals surface area contributed by atoms with Gasteiger partial charge in [-0.2, -0.15) is 0 Å². The van der Waals surface area contributed by atoms with E-state index in [1.165, 1.54) is 0 Å². The van der Waals surface area contributed by atoms with Crippen LogP contribution in [0.3, 0.4) is 0 Å². The predicted molar refractivity (Wildman–Crippen MR) is 103 cm³/mol. The first-order valence-corrected chi connectivity index (χ1v) is 8.62. The molecule has 26 heavy (non-hydrogen) atoms. The Labute approximate surface area is 153 Å². The van der Waals surface area contributed by atoms with Crippen molar-refractivity contribution < 1.29 is 14.3 Å². The van der Waals surface area contributed by atoms with Crippen LogP contribution in [0.1, 0.15) is 23.7 Å². The van der Waals surface area contributed by atoms with Crippen LogP contribution in [0.4, 0.5) is 5.69 Å². The summed E-state index contributed by atoms with van der Waals surface area (Å²) in [6.45, 7) is 2.68. The summed E-state index contributed by atoms with van der Waals surface area (Å²) in [4.78, 5) is 12.4. The van der Waals surface area contributed by atoms with Crippen LogP contribution >= 0.6 is 0 Å². The molecule has 4 heteroatoms. The van der Waals surface area contributed by atoms with Crippen molar-refractivity contribution in [1.29, 1.82) is 0 Å². The van der Waals surface area contributed by atoms with Crippen LogP contribution in [-0.4, -0.2) is 12.5 Å². The SMILES string of the molecule is CCCOc1cccc(C(=O)Nc2ccc(Oc3ccccc3)cc2)c1. The van der Waals surface area contributed by atoms with Crippen molar-refractivity contribution in [2.45, 2.75) is 13.3 Å². The predicted octanol–water partition coefficient (Wildman–Crippen LogP) is 5.52. The fourth-order valence-corrected chi connectivity index (χ4v) is 2.38. The molecule has 0 aliphatic rings. The zero-order valence-electron chi connectivity index (χ0n) is 14.6. The summed E-state index contributed by atoms with van der Waals surface area (Å²) in [5.74, 6) is 2.01. The number of carbonyl (C=O) groups excluding carboxylic acids is 1. The van der Waals surface area contributed by atoms with Gasteiger partial charge in [-0.15, -0.1) is 0 Å². The minimum atomic E-state index is -0.177. The van der Waals surface area contributed by atoms with E-state index in [9.17, 15) is 4.79 Å². The van der Waals surface area contributed by atoms with Gasteiger partial charge in [-0.1, -0.05) is 31.2 Å². The minimum absolute atomic E-state index is 0.177. The van der Waals surface area contributed by atoms with Crippen molar-refractivity contribution in [2.75, 3.05) is 11.9 Å². The maximum atomic E-state index is 12.4. The fraction of sp³-hybridized carbons (Fsp3) is 0.136. The highest BCUT2D eigenvalue weighted by atomic mass is 16.5. The number of nitrogens with one attached hydrogen (secondary N) is 1. The Morgan fingerprint density at radius 1 is 0.846 bits per heavy atom. The molecule has 3 rings (SSSR count). The molecule has 4 nitrogen and oxygen atoms in total. The first-order chi connectivity index (χ1) is 12.7. The van der Waals surface area contributed by atoms with Gasteiger partial charge >= 0.3 is 0 Å². The van der Waals surface area contributed by atoms with E-state index >= 15 is 0 Å². The Bertz CT molecular complexity index is 845. The van der Waals surface area contributed by atoms with E-state index in [4.69, 9.17) is 9.47 Å². The maximum Gasteiger partial charge on any atom is 0.255 e. The second-order valence-electron chi connectivity index (χ2n) is 5.77. The molecular weight excluding hydrogens is 326 g/mol. The molecule has 0 unspecified atom stereocenters. The van der Waals surface area contributed by atoms with Gasteiger partial charge in [0.2, 0.25) is 0 Å². The Hall–Kier alpha value is -3.27. The molecule has 0 fully saturated rings. The first-order valence-electron chi connectivity index (χ1n) is 8.62. The van der Waals surface area contributed by atoms with E-state index in [-0.39, 0.29) is 5.91 Å². The fourth-order valence-electron chi connectivity index (χ4n) is 2.38. The summed E-state index contributed by atoms with van der Waals surface area (Å²) in [5.41, 5.74) is 1.26. The van der Waals surface area contributed by atoms with Crippen LogP contribution in [0.25, 0.3) is 0 Å². The highest BCUT2D eigenvalue weighted by Crippen LogP contribution is 2.23. The van der Waals surface area contributed by atoms with E-state index in [1.807, 2.05) is 73.7 Å². The number of amides is 1. The van der Waals surface area contributed by atoms with Gasteiger partial charge in [0.1, 0.15) is 17.2 Å². The topological polar surface area (TPSA) is 47.6 Å². The summed E-state index contributed by atoms with van der Waals surface area (Å²) in [7, 11) is 0. The number of para-hydroxylation sites is 1. The molecule has 0 radical (unpaired) electrons. The molecular formula is C22H21NO3. The van der Waals surface area contributed by atoms with Crippen LogP contribution < -0.4 is 14.8 Å². The van der Waals surface area contributed by atoms with Gasteiger partial charge in [0.05, 0.1) is 6.61 Å². The summed E-state index contributed by atoms with van der Waals surface area (Å²) < 4.78 is 11.3. The molecule has 0 saturated carbocycles. The van der Waals surface area contributed by atoms with Gasteiger partial charge in [-0.05, 0) is 61.0 Å². The largest absolute Gasteiger partial charge is 0.494 e. The van der Waals surface area contributed by atoms with Gasteiger partial charge in [-0.25, -0.2) is 0 Å². The lowest BCUT2D eigenvalue weighted by atomic mass is 10.2. The van der Waals surface area contributed by atoms with Crippen molar-refractivity contribution in [3.05, 3.63) is 84.4 Å². The number of anilines is 1. The second-order valence-corrected chi connectivity index (χ2v) is 5.77. The molecule has 1 N–H and O–H groups in total. The third-order valence-corrected chi connectivity index (χ3v) is 3.66. The van der Waals surface area contributed by atoms with Gasteiger partial charge in [0.25, 0.3) is 5.91 Å². The van der Waals surface area contributed by atoms with Crippen LogP contribution in [0.15, 0.2) is 78.9 Å². The van der Waals surface area contributed by atoms with Crippen LogP contribution in [0.2, 0.25) is 0 Å². The van der Waals surface area contributed by atoms with Crippen molar-refractivity contribution in [1.82, 2.24) is 0 Å².